The molecule has 2 rings (SSSR count). The quantitative estimate of drug-likeness (QED) is 0.253. The minimum atomic E-state index is -0.319. The fourth-order valence-electron chi connectivity index (χ4n) is 2.42. The summed E-state index contributed by atoms with van der Waals surface area (Å²) >= 11 is 1.35. The number of thiazole rings is 1. The molecule has 0 aromatic carbocycles. The van der Waals surface area contributed by atoms with Crippen LogP contribution in [0.4, 0.5) is 0 Å². The molecule has 0 saturated heterocycles. The normalized spacial score (nSPS) is 12.1. The first-order valence-corrected chi connectivity index (χ1v) is 9.79. The minimum Gasteiger partial charge on any atom is -0.462 e. The van der Waals surface area contributed by atoms with E-state index in [9.17, 15) is 4.79 Å². The zero-order valence-corrected chi connectivity index (χ0v) is 20.1. The van der Waals surface area contributed by atoms with E-state index in [0.717, 1.165) is 23.7 Å². The first-order valence-electron chi connectivity index (χ1n) is 8.97. The highest BCUT2D eigenvalue weighted by Crippen LogP contribution is 2.24. The number of hydrogen-bond donors (Lipinski definition) is 2. The molecule has 2 aromatic heterocycles. The van der Waals surface area contributed by atoms with Gasteiger partial charge in [-0.2, -0.15) is 0 Å². The van der Waals surface area contributed by atoms with Gasteiger partial charge in [0, 0.05) is 25.5 Å². The molecule has 2 N–H and O–H groups in total. The number of esters is 1. The van der Waals surface area contributed by atoms with Crippen LogP contribution in [0, 0.1) is 13.8 Å². The van der Waals surface area contributed by atoms with Gasteiger partial charge >= 0.3 is 5.97 Å². The molecule has 0 bridgehead atoms. The van der Waals surface area contributed by atoms with Crippen molar-refractivity contribution in [2.45, 2.75) is 40.2 Å². The highest BCUT2D eigenvalue weighted by Gasteiger charge is 2.20. The monoisotopic (exact) mass is 517 g/mol. The van der Waals surface area contributed by atoms with Gasteiger partial charge in [0.1, 0.15) is 9.88 Å². The van der Waals surface area contributed by atoms with Crippen LogP contribution in [0.25, 0.3) is 0 Å². The Labute approximate surface area is 187 Å². The molecule has 1 unspecified atom stereocenters. The van der Waals surface area contributed by atoms with Crippen molar-refractivity contribution >= 4 is 47.2 Å². The van der Waals surface area contributed by atoms with Gasteiger partial charge in [0.2, 0.25) is 0 Å². The summed E-state index contributed by atoms with van der Waals surface area (Å²) in [5, 5.41) is 7.42. The second-order valence-electron chi connectivity index (χ2n) is 6.11. The largest absolute Gasteiger partial charge is 0.462 e. The highest BCUT2D eigenvalue weighted by atomic mass is 127. The maximum Gasteiger partial charge on any atom is 0.350 e. The molecule has 154 valence electrons. The third kappa shape index (κ3) is 7.01. The van der Waals surface area contributed by atoms with Crippen molar-refractivity contribution in [2.24, 2.45) is 4.99 Å². The second kappa shape index (κ2) is 11.9. The van der Waals surface area contributed by atoms with Crippen molar-refractivity contribution in [3.05, 3.63) is 45.2 Å². The highest BCUT2D eigenvalue weighted by molar-refractivity contribution is 14.0. The van der Waals surface area contributed by atoms with Crippen molar-refractivity contribution in [3.63, 3.8) is 0 Å². The van der Waals surface area contributed by atoms with E-state index in [1.807, 2.05) is 33.0 Å². The minimum absolute atomic E-state index is 0. The standard InChI is InChI=1S/C19H27N5O2S.HI/c1-6-26-18(25)16-13(3)23-17(27-16)14(4)24-19(20-5)21-10-9-15-8-7-12(2)22-11-15;/h7-8,11,14H,6,9-10H2,1-5H3,(H2,20,21,24);1H. The molecule has 0 spiro atoms. The topological polar surface area (TPSA) is 88.5 Å². The van der Waals surface area contributed by atoms with Crippen molar-refractivity contribution < 1.29 is 9.53 Å². The lowest BCUT2D eigenvalue weighted by atomic mass is 10.2. The Morgan fingerprint density at radius 3 is 2.71 bits per heavy atom. The molecule has 9 heteroatoms. The fourth-order valence-corrected chi connectivity index (χ4v) is 3.38. The van der Waals surface area contributed by atoms with E-state index in [4.69, 9.17) is 4.74 Å². The Morgan fingerprint density at radius 1 is 1.36 bits per heavy atom. The Balaban J connectivity index is 0.00000392. The summed E-state index contributed by atoms with van der Waals surface area (Å²) in [5.74, 6) is 0.369. The predicted molar refractivity (Wildman–Crippen MR) is 124 cm³/mol. The lowest BCUT2D eigenvalue weighted by Gasteiger charge is -2.16. The average molecular weight is 517 g/mol. The van der Waals surface area contributed by atoms with Crippen molar-refractivity contribution in [3.8, 4) is 0 Å². The van der Waals surface area contributed by atoms with Gasteiger partial charge < -0.3 is 15.4 Å². The smallest absolute Gasteiger partial charge is 0.350 e. The van der Waals surface area contributed by atoms with Crippen molar-refractivity contribution in [1.82, 2.24) is 20.6 Å². The van der Waals surface area contributed by atoms with E-state index in [2.05, 4.69) is 31.7 Å². The van der Waals surface area contributed by atoms with Gasteiger partial charge in [-0.25, -0.2) is 9.78 Å². The van der Waals surface area contributed by atoms with Gasteiger partial charge in [0.15, 0.2) is 5.96 Å². The molecule has 2 heterocycles. The van der Waals surface area contributed by atoms with Crippen LogP contribution in [-0.4, -0.2) is 42.1 Å². The van der Waals surface area contributed by atoms with E-state index in [1.165, 1.54) is 16.9 Å². The first kappa shape index (κ1) is 24.3. The second-order valence-corrected chi connectivity index (χ2v) is 7.14. The van der Waals surface area contributed by atoms with E-state index in [0.29, 0.717) is 23.1 Å². The molecule has 1 atom stereocenters. The number of nitrogens with one attached hydrogen (secondary N) is 2. The SMILES string of the molecule is CCOC(=O)c1sc(C(C)NC(=NC)NCCc2ccc(C)nc2)nc1C.I. The number of halogens is 1. The van der Waals surface area contributed by atoms with Crippen molar-refractivity contribution in [1.29, 1.82) is 0 Å². The van der Waals surface area contributed by atoms with Crippen LogP contribution in [0.1, 0.15) is 51.5 Å². The van der Waals surface area contributed by atoms with E-state index in [1.54, 1.807) is 14.0 Å². The maximum absolute atomic E-state index is 12.0. The van der Waals surface area contributed by atoms with E-state index in [-0.39, 0.29) is 36.0 Å². The Hall–Kier alpha value is -1.75. The van der Waals surface area contributed by atoms with Gasteiger partial charge in [0.05, 0.1) is 18.3 Å². The number of aliphatic imine (C=N–C) groups is 1. The third-order valence-corrected chi connectivity index (χ3v) is 5.22. The molecule has 0 radical (unpaired) electrons. The van der Waals surface area contributed by atoms with Crippen LogP contribution < -0.4 is 10.6 Å². The van der Waals surface area contributed by atoms with Gasteiger partial charge in [-0.05, 0) is 45.7 Å². The van der Waals surface area contributed by atoms with Crippen LogP contribution in [-0.2, 0) is 11.2 Å². The number of carbonyl (C=O) groups is 1. The van der Waals surface area contributed by atoms with Gasteiger partial charge in [-0.1, -0.05) is 6.07 Å². The molecule has 2 aromatic rings. The Kier molecular flexibility index (Phi) is 10.4. The molecule has 28 heavy (non-hydrogen) atoms. The molecule has 0 aliphatic heterocycles. The van der Waals surface area contributed by atoms with Crippen LogP contribution in [0.3, 0.4) is 0 Å². The zero-order valence-electron chi connectivity index (χ0n) is 16.9. The average Bonchev–Trinajstić information content (AvgIpc) is 3.04. The molecule has 0 saturated carbocycles. The summed E-state index contributed by atoms with van der Waals surface area (Å²) < 4.78 is 5.08. The lowest BCUT2D eigenvalue weighted by molar-refractivity contribution is 0.0531. The molecule has 0 fully saturated rings. The van der Waals surface area contributed by atoms with Crippen molar-refractivity contribution in [2.75, 3.05) is 20.2 Å². The Morgan fingerprint density at radius 2 is 2.11 bits per heavy atom. The zero-order chi connectivity index (χ0) is 19.8. The van der Waals surface area contributed by atoms with Crippen LogP contribution >= 0.6 is 35.3 Å². The number of carbonyl (C=O) groups excluding carboxylic acids is 1. The Bertz CT molecular complexity index is 792. The molecule has 0 amide bonds. The maximum atomic E-state index is 12.0. The number of pyridine rings is 1. The number of rotatable bonds is 7. The van der Waals surface area contributed by atoms with E-state index < -0.39 is 0 Å². The molecule has 7 nitrogen and oxygen atoms in total. The van der Waals surface area contributed by atoms with Crippen LogP contribution in [0.5, 0.6) is 0 Å². The number of guanidine groups is 1. The summed E-state index contributed by atoms with van der Waals surface area (Å²) in [5.41, 5.74) is 2.88. The summed E-state index contributed by atoms with van der Waals surface area (Å²) in [7, 11) is 1.73. The molecule has 0 aliphatic rings. The van der Waals surface area contributed by atoms with Gasteiger partial charge in [-0.15, -0.1) is 35.3 Å². The summed E-state index contributed by atoms with van der Waals surface area (Å²) in [6.45, 7) is 8.67. The van der Waals surface area contributed by atoms with Gasteiger partial charge in [-0.3, -0.25) is 9.98 Å². The fraction of sp³-hybridized carbons (Fsp3) is 0.474. The molecular weight excluding hydrogens is 489 g/mol. The van der Waals surface area contributed by atoms with Crippen LogP contribution in [0.15, 0.2) is 23.3 Å². The summed E-state index contributed by atoms with van der Waals surface area (Å²) in [6, 6.07) is 4.01. The summed E-state index contributed by atoms with van der Waals surface area (Å²) in [6.07, 6.45) is 2.75. The molecular formula is C19H28IN5O2S. The third-order valence-electron chi connectivity index (χ3n) is 3.90. The predicted octanol–water partition coefficient (Wildman–Crippen LogP) is 3.42. The number of aryl methyl sites for hydroxylation is 2. The number of hydrogen-bond acceptors (Lipinski definition) is 6. The summed E-state index contributed by atoms with van der Waals surface area (Å²) in [4.78, 5) is 25.6. The van der Waals surface area contributed by atoms with E-state index >= 15 is 0 Å². The lowest BCUT2D eigenvalue weighted by Crippen LogP contribution is -2.39. The first-order chi connectivity index (χ1) is 12.9. The number of ether oxygens (including phenoxy) is 1. The number of nitrogens with zero attached hydrogens (tertiary/aromatic N) is 3. The van der Waals surface area contributed by atoms with Crippen LogP contribution in [0.2, 0.25) is 0 Å². The molecule has 0 aliphatic carbocycles. The number of aromatic nitrogens is 2. The van der Waals surface area contributed by atoms with Gasteiger partial charge in [0.25, 0.3) is 0 Å².